The number of methoxy groups -OCH3 is 2. The summed E-state index contributed by atoms with van der Waals surface area (Å²) in [6.07, 6.45) is 3.50. The van der Waals surface area contributed by atoms with Crippen molar-refractivity contribution in [1.82, 2.24) is 5.32 Å². The number of rotatable bonds is 4. The summed E-state index contributed by atoms with van der Waals surface area (Å²) in [6, 6.07) is 3.75. The lowest BCUT2D eigenvalue weighted by Gasteiger charge is -2.21. The Balaban J connectivity index is 1.92. The van der Waals surface area contributed by atoms with Crippen LogP contribution in [0.15, 0.2) is 22.8 Å². The SMILES string of the molecule is COc1cc(/C=C2/N=C(C3CCOCC3)NC2=O)c(OC)cc1C. The van der Waals surface area contributed by atoms with E-state index in [0.29, 0.717) is 24.7 Å². The molecule has 3 rings (SSSR count). The number of aryl methyl sites for hydroxylation is 1. The number of benzene rings is 1. The normalized spacial score (nSPS) is 20.0. The Hall–Kier alpha value is -2.34. The number of carbonyl (C=O) groups excluding carboxylic acids is 1. The summed E-state index contributed by atoms with van der Waals surface area (Å²) in [5.41, 5.74) is 2.13. The molecule has 1 amide bonds. The molecule has 0 unspecified atom stereocenters. The van der Waals surface area contributed by atoms with Crippen molar-refractivity contribution < 1.29 is 19.0 Å². The van der Waals surface area contributed by atoms with Crippen LogP contribution in [0.4, 0.5) is 0 Å². The molecule has 1 fully saturated rings. The number of nitrogens with zero attached hydrogens (tertiary/aromatic N) is 1. The van der Waals surface area contributed by atoms with Crippen LogP contribution in [0.1, 0.15) is 24.0 Å². The van der Waals surface area contributed by atoms with Crippen LogP contribution < -0.4 is 14.8 Å². The van der Waals surface area contributed by atoms with Gasteiger partial charge in [-0.15, -0.1) is 0 Å². The zero-order valence-electron chi connectivity index (χ0n) is 14.2. The summed E-state index contributed by atoms with van der Waals surface area (Å²) in [5, 5.41) is 2.89. The van der Waals surface area contributed by atoms with E-state index in [-0.39, 0.29) is 11.8 Å². The van der Waals surface area contributed by atoms with Gasteiger partial charge in [0.25, 0.3) is 5.91 Å². The van der Waals surface area contributed by atoms with Gasteiger partial charge in [-0.1, -0.05) is 0 Å². The summed E-state index contributed by atoms with van der Waals surface area (Å²) in [6.45, 7) is 3.37. The van der Waals surface area contributed by atoms with E-state index in [4.69, 9.17) is 14.2 Å². The summed E-state index contributed by atoms with van der Waals surface area (Å²) >= 11 is 0. The molecular formula is C18H22N2O4. The topological polar surface area (TPSA) is 69.2 Å². The highest BCUT2D eigenvalue weighted by Gasteiger charge is 2.28. The van der Waals surface area contributed by atoms with Gasteiger partial charge >= 0.3 is 0 Å². The van der Waals surface area contributed by atoms with Gasteiger partial charge in [-0.25, -0.2) is 4.99 Å². The fourth-order valence-corrected chi connectivity index (χ4v) is 2.99. The lowest BCUT2D eigenvalue weighted by Crippen LogP contribution is -2.33. The number of carbonyl (C=O) groups is 1. The van der Waals surface area contributed by atoms with Crippen LogP contribution in [0.25, 0.3) is 6.08 Å². The molecule has 1 aromatic rings. The van der Waals surface area contributed by atoms with E-state index in [1.165, 1.54) is 0 Å². The van der Waals surface area contributed by atoms with Crippen molar-refractivity contribution in [2.24, 2.45) is 10.9 Å². The van der Waals surface area contributed by atoms with Gasteiger partial charge in [-0.05, 0) is 43.5 Å². The second kappa shape index (κ2) is 7.05. The predicted molar refractivity (Wildman–Crippen MR) is 91.4 cm³/mol. The Kier molecular flexibility index (Phi) is 4.85. The molecule has 1 aromatic carbocycles. The number of hydrogen-bond donors (Lipinski definition) is 1. The first-order valence-corrected chi connectivity index (χ1v) is 8.04. The van der Waals surface area contributed by atoms with Gasteiger partial charge in [-0.2, -0.15) is 0 Å². The van der Waals surface area contributed by atoms with Crippen molar-refractivity contribution in [2.75, 3.05) is 27.4 Å². The molecule has 0 radical (unpaired) electrons. The first kappa shape index (κ1) is 16.5. The maximum absolute atomic E-state index is 12.3. The molecule has 1 saturated heterocycles. The maximum atomic E-state index is 12.3. The van der Waals surface area contributed by atoms with E-state index >= 15 is 0 Å². The molecule has 0 saturated carbocycles. The molecular weight excluding hydrogens is 308 g/mol. The first-order chi connectivity index (χ1) is 11.6. The number of ether oxygens (including phenoxy) is 3. The van der Waals surface area contributed by atoms with Gasteiger partial charge in [0.2, 0.25) is 0 Å². The second-order valence-corrected chi connectivity index (χ2v) is 5.93. The highest BCUT2D eigenvalue weighted by molar-refractivity contribution is 6.15. The minimum atomic E-state index is -0.182. The third kappa shape index (κ3) is 3.28. The number of aliphatic imine (C=N–C) groups is 1. The van der Waals surface area contributed by atoms with Crippen molar-refractivity contribution in [1.29, 1.82) is 0 Å². The quantitative estimate of drug-likeness (QED) is 0.860. The van der Waals surface area contributed by atoms with E-state index in [9.17, 15) is 4.79 Å². The zero-order valence-corrected chi connectivity index (χ0v) is 14.2. The predicted octanol–water partition coefficient (Wildman–Crippen LogP) is 2.31. The monoisotopic (exact) mass is 330 g/mol. The Labute approximate surface area is 141 Å². The Morgan fingerprint density at radius 2 is 1.92 bits per heavy atom. The van der Waals surface area contributed by atoms with E-state index in [2.05, 4.69) is 10.3 Å². The van der Waals surface area contributed by atoms with Gasteiger partial charge in [0.05, 0.1) is 14.2 Å². The van der Waals surface area contributed by atoms with Crippen LogP contribution in [0.5, 0.6) is 11.5 Å². The summed E-state index contributed by atoms with van der Waals surface area (Å²) in [5.74, 6) is 2.24. The Morgan fingerprint density at radius 1 is 1.21 bits per heavy atom. The van der Waals surface area contributed by atoms with Crippen LogP contribution in [-0.4, -0.2) is 39.2 Å². The van der Waals surface area contributed by atoms with Gasteiger partial charge in [0.1, 0.15) is 23.0 Å². The van der Waals surface area contributed by atoms with Crippen molar-refractivity contribution in [3.8, 4) is 11.5 Å². The molecule has 6 nitrogen and oxygen atoms in total. The van der Waals surface area contributed by atoms with Crippen LogP contribution in [0.3, 0.4) is 0 Å². The smallest absolute Gasteiger partial charge is 0.275 e. The highest BCUT2D eigenvalue weighted by Crippen LogP contribution is 2.31. The molecule has 24 heavy (non-hydrogen) atoms. The van der Waals surface area contributed by atoms with E-state index in [1.54, 1.807) is 20.3 Å². The third-order valence-electron chi connectivity index (χ3n) is 4.36. The van der Waals surface area contributed by atoms with Crippen LogP contribution in [-0.2, 0) is 9.53 Å². The summed E-state index contributed by atoms with van der Waals surface area (Å²) in [4.78, 5) is 16.8. The number of nitrogens with one attached hydrogen (secondary N) is 1. The molecule has 128 valence electrons. The van der Waals surface area contributed by atoms with Gasteiger partial charge in [0.15, 0.2) is 0 Å². The number of amides is 1. The van der Waals surface area contributed by atoms with E-state index in [0.717, 1.165) is 35.6 Å². The summed E-state index contributed by atoms with van der Waals surface area (Å²) in [7, 11) is 3.23. The minimum Gasteiger partial charge on any atom is -0.496 e. The number of hydrogen-bond acceptors (Lipinski definition) is 5. The van der Waals surface area contributed by atoms with Crippen molar-refractivity contribution in [3.05, 3.63) is 29.0 Å². The van der Waals surface area contributed by atoms with Crippen molar-refractivity contribution in [3.63, 3.8) is 0 Å². The maximum Gasteiger partial charge on any atom is 0.275 e. The average molecular weight is 330 g/mol. The van der Waals surface area contributed by atoms with Crippen LogP contribution in [0, 0.1) is 12.8 Å². The standard InChI is InChI=1S/C18H22N2O4/c1-11-8-16(23-3)13(10-15(11)22-2)9-14-18(21)20-17(19-14)12-4-6-24-7-5-12/h8-10,12H,4-7H2,1-3H3,(H,19,20,21)/b14-9+. The molecule has 0 spiro atoms. The molecule has 2 aliphatic rings. The fourth-order valence-electron chi connectivity index (χ4n) is 2.99. The number of amidine groups is 1. The molecule has 0 aliphatic carbocycles. The lowest BCUT2D eigenvalue weighted by atomic mass is 9.99. The molecule has 6 heteroatoms. The highest BCUT2D eigenvalue weighted by atomic mass is 16.5. The molecule has 0 bridgehead atoms. The third-order valence-corrected chi connectivity index (χ3v) is 4.36. The average Bonchev–Trinajstić information content (AvgIpc) is 2.97. The first-order valence-electron chi connectivity index (χ1n) is 8.04. The van der Waals surface area contributed by atoms with Crippen LogP contribution in [0.2, 0.25) is 0 Å². The van der Waals surface area contributed by atoms with Gasteiger partial charge < -0.3 is 19.5 Å². The fraction of sp³-hybridized carbons (Fsp3) is 0.444. The van der Waals surface area contributed by atoms with Gasteiger partial charge in [-0.3, -0.25) is 4.79 Å². The van der Waals surface area contributed by atoms with Gasteiger partial charge in [0, 0.05) is 24.7 Å². The largest absolute Gasteiger partial charge is 0.496 e. The Morgan fingerprint density at radius 3 is 2.58 bits per heavy atom. The van der Waals surface area contributed by atoms with E-state index in [1.807, 2.05) is 19.1 Å². The Bertz CT molecular complexity index is 703. The minimum absolute atomic E-state index is 0.182. The molecule has 2 aliphatic heterocycles. The van der Waals surface area contributed by atoms with Crippen LogP contribution >= 0.6 is 0 Å². The van der Waals surface area contributed by atoms with Crippen molar-refractivity contribution >= 4 is 17.8 Å². The molecule has 1 N–H and O–H groups in total. The second-order valence-electron chi connectivity index (χ2n) is 5.93. The lowest BCUT2D eigenvalue weighted by molar-refractivity contribution is -0.115. The summed E-state index contributed by atoms with van der Waals surface area (Å²) < 4.78 is 16.1. The molecule has 2 heterocycles. The zero-order chi connectivity index (χ0) is 17.1. The molecule has 0 aromatic heterocycles. The molecule has 0 atom stereocenters. The van der Waals surface area contributed by atoms with Crippen molar-refractivity contribution in [2.45, 2.75) is 19.8 Å². The van der Waals surface area contributed by atoms with E-state index < -0.39 is 0 Å².